The second-order valence-corrected chi connectivity index (χ2v) is 6.58. The maximum atomic E-state index is 12.3. The minimum absolute atomic E-state index is 0.0102. The summed E-state index contributed by atoms with van der Waals surface area (Å²) in [6, 6.07) is 13.4. The van der Waals surface area contributed by atoms with Gasteiger partial charge in [-0.05, 0) is 49.7 Å². The van der Waals surface area contributed by atoms with Crippen molar-refractivity contribution in [3.63, 3.8) is 0 Å². The van der Waals surface area contributed by atoms with Gasteiger partial charge in [0.25, 0.3) is 17.7 Å². The van der Waals surface area contributed by atoms with E-state index in [1.54, 1.807) is 48.5 Å². The van der Waals surface area contributed by atoms with Crippen LogP contribution in [0.15, 0.2) is 48.5 Å². The summed E-state index contributed by atoms with van der Waals surface area (Å²) in [5.41, 5.74) is 1.30. The molecule has 1 aliphatic heterocycles. The number of benzene rings is 2. The van der Waals surface area contributed by atoms with E-state index in [1.165, 1.54) is 0 Å². The first kappa shape index (κ1) is 21.0. The van der Waals surface area contributed by atoms with Crippen LogP contribution >= 0.6 is 0 Å². The average molecular weight is 410 g/mol. The predicted octanol–water partition coefficient (Wildman–Crippen LogP) is 2.64. The number of hydrogen-bond acceptors (Lipinski definition) is 6. The van der Waals surface area contributed by atoms with Crippen molar-refractivity contribution in [2.45, 2.75) is 19.8 Å². The fraction of sp³-hybridized carbons (Fsp3) is 0.273. The van der Waals surface area contributed by atoms with Crippen molar-refractivity contribution in [2.75, 3.05) is 25.1 Å². The number of carbonyl (C=O) groups is 4. The van der Waals surface area contributed by atoms with Crippen LogP contribution in [-0.2, 0) is 14.3 Å². The number of esters is 1. The zero-order valence-electron chi connectivity index (χ0n) is 16.6. The summed E-state index contributed by atoms with van der Waals surface area (Å²) in [4.78, 5) is 49.4. The van der Waals surface area contributed by atoms with Gasteiger partial charge in [-0.15, -0.1) is 0 Å². The Bertz CT molecular complexity index is 919. The molecule has 0 saturated carbocycles. The van der Waals surface area contributed by atoms with Crippen LogP contribution in [0.3, 0.4) is 0 Å². The molecule has 0 bridgehead atoms. The Morgan fingerprint density at radius 2 is 1.60 bits per heavy atom. The minimum atomic E-state index is -0.576. The number of carbonyl (C=O) groups excluding carboxylic acids is 4. The topological polar surface area (TPSA) is 102 Å². The largest absolute Gasteiger partial charge is 0.494 e. The van der Waals surface area contributed by atoms with Crippen LogP contribution in [0, 0.1) is 0 Å². The Kier molecular flexibility index (Phi) is 6.79. The van der Waals surface area contributed by atoms with E-state index in [2.05, 4.69) is 5.32 Å². The number of ether oxygens (including phenoxy) is 2. The van der Waals surface area contributed by atoms with Gasteiger partial charge >= 0.3 is 5.97 Å². The highest BCUT2D eigenvalue weighted by molar-refractivity contribution is 6.21. The lowest BCUT2D eigenvalue weighted by atomic mass is 10.1. The van der Waals surface area contributed by atoms with Crippen molar-refractivity contribution in [1.82, 2.24) is 4.90 Å². The third-order valence-corrected chi connectivity index (χ3v) is 4.45. The van der Waals surface area contributed by atoms with E-state index in [1.807, 2.05) is 6.92 Å². The monoisotopic (exact) mass is 410 g/mol. The van der Waals surface area contributed by atoms with Crippen molar-refractivity contribution in [3.8, 4) is 5.75 Å². The molecule has 8 nitrogen and oxygen atoms in total. The fourth-order valence-corrected chi connectivity index (χ4v) is 3.04. The van der Waals surface area contributed by atoms with Gasteiger partial charge in [-0.2, -0.15) is 0 Å². The summed E-state index contributed by atoms with van der Waals surface area (Å²) in [5, 5.41) is 2.62. The van der Waals surface area contributed by atoms with Gasteiger partial charge < -0.3 is 14.8 Å². The zero-order valence-corrected chi connectivity index (χ0v) is 16.6. The van der Waals surface area contributed by atoms with E-state index in [4.69, 9.17) is 9.47 Å². The van der Waals surface area contributed by atoms with Gasteiger partial charge in [-0.1, -0.05) is 12.1 Å². The summed E-state index contributed by atoms with van der Waals surface area (Å²) in [7, 11) is 0. The number of fused-ring (bicyclic) bond motifs is 1. The van der Waals surface area contributed by atoms with Crippen LogP contribution in [0.25, 0.3) is 0 Å². The van der Waals surface area contributed by atoms with Crippen molar-refractivity contribution in [3.05, 3.63) is 59.7 Å². The number of amides is 3. The Hall–Kier alpha value is -3.68. The first-order valence-corrected chi connectivity index (χ1v) is 9.63. The molecule has 0 aromatic heterocycles. The third-order valence-electron chi connectivity index (χ3n) is 4.45. The first-order chi connectivity index (χ1) is 14.5. The van der Waals surface area contributed by atoms with E-state index in [0.29, 0.717) is 29.2 Å². The highest BCUT2D eigenvalue weighted by Crippen LogP contribution is 2.22. The standard InChI is InChI=1S/C22H22N2O6/c1-2-29-16-11-9-15(10-12-16)23-19(25)14-30-20(26)8-5-13-24-21(27)17-6-3-4-7-18(17)22(24)28/h3-4,6-7,9-12H,2,5,8,13-14H2,1H3,(H,23,25). The van der Waals surface area contributed by atoms with E-state index < -0.39 is 18.5 Å². The van der Waals surface area contributed by atoms with Crippen LogP contribution < -0.4 is 10.1 Å². The van der Waals surface area contributed by atoms with Crippen LogP contribution in [0.2, 0.25) is 0 Å². The lowest BCUT2D eigenvalue weighted by Gasteiger charge is -2.13. The summed E-state index contributed by atoms with van der Waals surface area (Å²) >= 11 is 0. The van der Waals surface area contributed by atoms with E-state index in [-0.39, 0.29) is 31.2 Å². The summed E-state index contributed by atoms with van der Waals surface area (Å²) in [6.07, 6.45) is 0.245. The second kappa shape index (κ2) is 9.69. The fourth-order valence-electron chi connectivity index (χ4n) is 3.04. The number of nitrogens with one attached hydrogen (secondary N) is 1. The highest BCUT2D eigenvalue weighted by atomic mass is 16.5. The van der Waals surface area contributed by atoms with Crippen LogP contribution in [0.5, 0.6) is 5.75 Å². The second-order valence-electron chi connectivity index (χ2n) is 6.58. The molecule has 0 spiro atoms. The SMILES string of the molecule is CCOc1ccc(NC(=O)COC(=O)CCCN2C(=O)c3ccccc3C2=O)cc1. The van der Waals surface area contributed by atoms with Crippen molar-refractivity contribution in [1.29, 1.82) is 0 Å². The molecule has 2 aromatic rings. The number of rotatable bonds is 9. The molecule has 3 amide bonds. The van der Waals surface area contributed by atoms with Gasteiger partial charge in [-0.3, -0.25) is 24.1 Å². The molecule has 0 atom stereocenters. The lowest BCUT2D eigenvalue weighted by Crippen LogP contribution is -2.31. The molecule has 1 aliphatic rings. The molecule has 8 heteroatoms. The molecular formula is C22H22N2O6. The number of imide groups is 1. The number of nitrogens with zero attached hydrogens (tertiary/aromatic N) is 1. The molecule has 156 valence electrons. The molecule has 0 unspecified atom stereocenters. The number of anilines is 1. The van der Waals surface area contributed by atoms with Crippen molar-refractivity contribution in [2.24, 2.45) is 0 Å². The molecular weight excluding hydrogens is 388 g/mol. The molecule has 0 radical (unpaired) electrons. The van der Waals surface area contributed by atoms with Crippen LogP contribution in [0.4, 0.5) is 5.69 Å². The molecule has 1 N–H and O–H groups in total. The van der Waals surface area contributed by atoms with Gasteiger partial charge in [0.15, 0.2) is 6.61 Å². The Morgan fingerprint density at radius 1 is 0.967 bits per heavy atom. The Morgan fingerprint density at radius 3 is 2.20 bits per heavy atom. The maximum Gasteiger partial charge on any atom is 0.306 e. The Balaban J connectivity index is 1.37. The molecule has 30 heavy (non-hydrogen) atoms. The lowest BCUT2D eigenvalue weighted by molar-refractivity contribution is -0.147. The van der Waals surface area contributed by atoms with Crippen molar-refractivity contribution < 1.29 is 28.7 Å². The normalized spacial score (nSPS) is 12.5. The summed E-state index contributed by atoms with van der Waals surface area (Å²) in [6.45, 7) is 2.12. The molecule has 2 aromatic carbocycles. The minimum Gasteiger partial charge on any atom is -0.494 e. The quantitative estimate of drug-likeness (QED) is 0.504. The van der Waals surface area contributed by atoms with Gasteiger partial charge in [0.1, 0.15) is 5.75 Å². The van der Waals surface area contributed by atoms with Gasteiger partial charge in [0.2, 0.25) is 0 Å². The predicted molar refractivity (Wildman–Crippen MR) is 108 cm³/mol. The molecule has 0 aliphatic carbocycles. The highest BCUT2D eigenvalue weighted by Gasteiger charge is 2.34. The van der Waals surface area contributed by atoms with Crippen LogP contribution in [0.1, 0.15) is 40.5 Å². The molecule has 3 rings (SSSR count). The Labute approximate surface area is 173 Å². The maximum absolute atomic E-state index is 12.3. The molecule has 1 heterocycles. The average Bonchev–Trinajstić information content (AvgIpc) is 2.99. The smallest absolute Gasteiger partial charge is 0.306 e. The van der Waals surface area contributed by atoms with E-state index in [0.717, 1.165) is 4.90 Å². The van der Waals surface area contributed by atoms with Gasteiger partial charge in [-0.25, -0.2) is 0 Å². The molecule has 0 fully saturated rings. The van der Waals surface area contributed by atoms with Gasteiger partial charge in [0, 0.05) is 18.7 Å². The van der Waals surface area contributed by atoms with E-state index in [9.17, 15) is 19.2 Å². The summed E-state index contributed by atoms with van der Waals surface area (Å²) in [5.74, 6) is -1.07. The first-order valence-electron chi connectivity index (χ1n) is 9.63. The van der Waals surface area contributed by atoms with Gasteiger partial charge in [0.05, 0.1) is 17.7 Å². The van der Waals surface area contributed by atoms with Crippen molar-refractivity contribution >= 4 is 29.4 Å². The zero-order chi connectivity index (χ0) is 21.5. The van der Waals surface area contributed by atoms with E-state index >= 15 is 0 Å². The summed E-state index contributed by atoms with van der Waals surface area (Å²) < 4.78 is 10.3. The molecule has 0 saturated heterocycles. The number of hydrogen-bond donors (Lipinski definition) is 1. The van der Waals surface area contributed by atoms with Crippen LogP contribution in [-0.4, -0.2) is 48.3 Å². The third kappa shape index (κ3) is 5.02.